The second-order valence-electron chi connectivity index (χ2n) is 5.70. The largest absolute Gasteiger partial charge is 0.478 e. The lowest BCUT2D eigenvalue weighted by molar-refractivity contribution is -0.130. The molecule has 23 heavy (non-hydrogen) atoms. The zero-order valence-corrected chi connectivity index (χ0v) is 14.0. The van der Waals surface area contributed by atoms with Crippen LogP contribution < -0.4 is 0 Å². The van der Waals surface area contributed by atoms with E-state index < -0.39 is 5.97 Å². The lowest BCUT2D eigenvalue weighted by atomic mass is 9.89. The zero-order chi connectivity index (χ0) is 16.4. The summed E-state index contributed by atoms with van der Waals surface area (Å²) >= 11 is 12.2. The predicted octanol–water partition coefficient (Wildman–Crippen LogP) is 5.50. The van der Waals surface area contributed by atoms with Crippen molar-refractivity contribution in [3.05, 3.63) is 68.7 Å². The first kappa shape index (κ1) is 16.1. The summed E-state index contributed by atoms with van der Waals surface area (Å²) < 4.78 is 0. The van der Waals surface area contributed by atoms with Crippen LogP contribution in [0, 0.1) is 0 Å². The first-order chi connectivity index (χ1) is 11.1. The summed E-state index contributed by atoms with van der Waals surface area (Å²) in [6.45, 7) is 0. The van der Waals surface area contributed by atoms with Gasteiger partial charge in [-0.3, -0.25) is 0 Å². The number of aryl methyl sites for hydroxylation is 2. The standard InChI is InChI=1S/C19H16Cl2O2/c20-17-7-3-6-15(18(17)21)11-16(19(22)23)14-9-8-12-4-1-2-5-13(12)10-14/h3,6-11H,1-2,4-5H2,(H,22,23)/b16-11-. The summed E-state index contributed by atoms with van der Waals surface area (Å²) in [4.78, 5) is 11.7. The number of carboxylic acids is 1. The van der Waals surface area contributed by atoms with Crippen molar-refractivity contribution in [2.45, 2.75) is 25.7 Å². The minimum absolute atomic E-state index is 0.225. The molecule has 0 aliphatic heterocycles. The van der Waals surface area contributed by atoms with E-state index in [1.807, 2.05) is 18.2 Å². The summed E-state index contributed by atoms with van der Waals surface area (Å²) in [6.07, 6.45) is 6.02. The van der Waals surface area contributed by atoms with Gasteiger partial charge in [-0.1, -0.05) is 53.5 Å². The number of rotatable bonds is 3. The van der Waals surface area contributed by atoms with Crippen molar-refractivity contribution in [2.24, 2.45) is 0 Å². The Labute approximate surface area is 145 Å². The molecule has 0 unspecified atom stereocenters. The molecule has 1 aliphatic carbocycles. The van der Waals surface area contributed by atoms with E-state index in [1.54, 1.807) is 24.3 Å². The van der Waals surface area contributed by atoms with Gasteiger partial charge in [0.1, 0.15) is 0 Å². The topological polar surface area (TPSA) is 37.3 Å². The third-order valence-corrected chi connectivity index (χ3v) is 5.00. The van der Waals surface area contributed by atoms with Crippen LogP contribution >= 0.6 is 23.2 Å². The Morgan fingerprint density at radius 3 is 2.52 bits per heavy atom. The molecule has 0 spiro atoms. The van der Waals surface area contributed by atoms with E-state index in [0.717, 1.165) is 19.3 Å². The zero-order valence-electron chi connectivity index (χ0n) is 12.5. The molecule has 2 aromatic rings. The van der Waals surface area contributed by atoms with Crippen LogP contribution in [0.25, 0.3) is 11.6 Å². The molecule has 0 atom stereocenters. The summed E-state index contributed by atoms with van der Waals surface area (Å²) in [6, 6.07) is 11.1. The maximum Gasteiger partial charge on any atom is 0.336 e. The Kier molecular flexibility index (Phi) is 4.74. The van der Waals surface area contributed by atoms with Crippen LogP contribution in [0.4, 0.5) is 0 Å². The maximum absolute atomic E-state index is 11.7. The summed E-state index contributed by atoms with van der Waals surface area (Å²) in [5.74, 6) is -0.975. The van der Waals surface area contributed by atoms with Crippen LogP contribution in [0.3, 0.4) is 0 Å². The Bertz CT molecular complexity index is 794. The van der Waals surface area contributed by atoms with Crippen LogP contribution in [0.15, 0.2) is 36.4 Å². The number of carbonyl (C=O) groups is 1. The Balaban J connectivity index is 2.07. The molecule has 0 fully saturated rings. The number of aliphatic carboxylic acids is 1. The minimum Gasteiger partial charge on any atom is -0.478 e. The smallest absolute Gasteiger partial charge is 0.336 e. The fourth-order valence-corrected chi connectivity index (χ4v) is 3.32. The molecule has 0 saturated heterocycles. The van der Waals surface area contributed by atoms with Crippen LogP contribution in [0.2, 0.25) is 10.0 Å². The second-order valence-corrected chi connectivity index (χ2v) is 6.48. The highest BCUT2D eigenvalue weighted by Gasteiger charge is 2.16. The van der Waals surface area contributed by atoms with Gasteiger partial charge in [-0.2, -0.15) is 0 Å². The molecule has 118 valence electrons. The van der Waals surface area contributed by atoms with Gasteiger partial charge in [0.05, 0.1) is 15.6 Å². The number of hydrogen-bond donors (Lipinski definition) is 1. The van der Waals surface area contributed by atoms with Crippen LogP contribution in [0.5, 0.6) is 0 Å². The molecule has 3 rings (SSSR count). The minimum atomic E-state index is -0.975. The molecular weight excluding hydrogens is 331 g/mol. The predicted molar refractivity (Wildman–Crippen MR) is 95.1 cm³/mol. The molecule has 4 heteroatoms. The molecule has 0 saturated carbocycles. The average Bonchev–Trinajstić information content (AvgIpc) is 2.55. The van der Waals surface area contributed by atoms with Gasteiger partial charge < -0.3 is 5.11 Å². The molecule has 1 N–H and O–H groups in total. The van der Waals surface area contributed by atoms with Gasteiger partial charge in [0, 0.05) is 0 Å². The highest BCUT2D eigenvalue weighted by Crippen LogP contribution is 2.30. The quantitative estimate of drug-likeness (QED) is 0.588. The van der Waals surface area contributed by atoms with Gasteiger partial charge in [0.15, 0.2) is 0 Å². The lowest BCUT2D eigenvalue weighted by Gasteiger charge is -2.17. The van der Waals surface area contributed by atoms with Crippen LogP contribution in [-0.2, 0) is 17.6 Å². The molecule has 0 bridgehead atoms. The van der Waals surface area contributed by atoms with Crippen LogP contribution in [0.1, 0.15) is 35.1 Å². The molecule has 0 heterocycles. The van der Waals surface area contributed by atoms with E-state index in [9.17, 15) is 9.90 Å². The van der Waals surface area contributed by atoms with Gasteiger partial charge in [-0.15, -0.1) is 0 Å². The summed E-state index contributed by atoms with van der Waals surface area (Å²) in [7, 11) is 0. The SMILES string of the molecule is O=C(O)/C(=C\c1cccc(Cl)c1Cl)c1ccc2c(c1)CCCC2. The number of halogens is 2. The first-order valence-corrected chi connectivity index (χ1v) is 8.33. The molecule has 0 amide bonds. The summed E-state index contributed by atoms with van der Waals surface area (Å²) in [5, 5.41) is 10.4. The van der Waals surface area contributed by atoms with Gasteiger partial charge in [-0.25, -0.2) is 4.79 Å². The van der Waals surface area contributed by atoms with Crippen molar-refractivity contribution in [1.29, 1.82) is 0 Å². The van der Waals surface area contributed by atoms with Crippen molar-refractivity contribution in [2.75, 3.05) is 0 Å². The number of hydrogen-bond acceptors (Lipinski definition) is 1. The fraction of sp³-hybridized carbons (Fsp3) is 0.211. The molecule has 2 nitrogen and oxygen atoms in total. The maximum atomic E-state index is 11.7. The van der Waals surface area contributed by atoms with Gasteiger partial charge >= 0.3 is 5.97 Å². The van der Waals surface area contributed by atoms with Crippen LogP contribution in [-0.4, -0.2) is 11.1 Å². The van der Waals surface area contributed by atoms with Gasteiger partial charge in [0.25, 0.3) is 0 Å². The lowest BCUT2D eigenvalue weighted by Crippen LogP contribution is -2.05. The normalized spacial score (nSPS) is 14.4. The number of fused-ring (bicyclic) bond motifs is 1. The molecular formula is C19H16Cl2O2. The second kappa shape index (κ2) is 6.77. The monoisotopic (exact) mass is 346 g/mol. The Morgan fingerprint density at radius 1 is 1.04 bits per heavy atom. The average molecular weight is 347 g/mol. The summed E-state index contributed by atoms with van der Waals surface area (Å²) in [5.41, 5.74) is 4.11. The Morgan fingerprint density at radius 2 is 1.78 bits per heavy atom. The van der Waals surface area contributed by atoms with Crippen molar-refractivity contribution < 1.29 is 9.90 Å². The van der Waals surface area contributed by atoms with E-state index in [4.69, 9.17) is 23.2 Å². The van der Waals surface area contributed by atoms with E-state index in [1.165, 1.54) is 17.5 Å². The third-order valence-electron chi connectivity index (χ3n) is 4.17. The van der Waals surface area contributed by atoms with Crippen molar-refractivity contribution in [3.8, 4) is 0 Å². The highest BCUT2D eigenvalue weighted by molar-refractivity contribution is 6.43. The van der Waals surface area contributed by atoms with Gasteiger partial charge in [0.2, 0.25) is 0 Å². The van der Waals surface area contributed by atoms with E-state index in [2.05, 4.69) is 0 Å². The van der Waals surface area contributed by atoms with E-state index in [-0.39, 0.29) is 5.57 Å². The molecule has 1 aliphatic rings. The van der Waals surface area contributed by atoms with Crippen molar-refractivity contribution in [1.82, 2.24) is 0 Å². The highest BCUT2D eigenvalue weighted by atomic mass is 35.5. The van der Waals surface area contributed by atoms with E-state index in [0.29, 0.717) is 21.2 Å². The van der Waals surface area contributed by atoms with Gasteiger partial charge in [-0.05, 0) is 60.1 Å². The molecule has 2 aromatic carbocycles. The van der Waals surface area contributed by atoms with E-state index >= 15 is 0 Å². The number of benzene rings is 2. The first-order valence-electron chi connectivity index (χ1n) is 7.57. The molecule has 0 aromatic heterocycles. The molecule has 0 radical (unpaired) electrons. The fourth-order valence-electron chi connectivity index (χ4n) is 2.96. The van der Waals surface area contributed by atoms with Crippen molar-refractivity contribution in [3.63, 3.8) is 0 Å². The third kappa shape index (κ3) is 3.44. The van der Waals surface area contributed by atoms with Crippen molar-refractivity contribution >= 4 is 40.8 Å². The number of carboxylic acid groups (broad SMARTS) is 1. The Hall–Kier alpha value is -1.77.